The summed E-state index contributed by atoms with van der Waals surface area (Å²) >= 11 is 0. The highest BCUT2D eigenvalue weighted by Gasteiger charge is 2.34. The second kappa shape index (κ2) is 9.93. The molecule has 0 bridgehead atoms. The van der Waals surface area contributed by atoms with Crippen molar-refractivity contribution in [2.45, 2.75) is 13.1 Å². The summed E-state index contributed by atoms with van der Waals surface area (Å²) in [4.78, 5) is 0. The standard InChI is InChI=1S/C28H23F3N2O2/c1-19-6-5-7-20(16-19)10-13-22-18-23(14-11-21-12-15-26(34)27(17-21)35-2)33(32-22)25-9-4-3-8-24(25)28(29,30)31/h3-18,34H,1-2H3/b13-10+,14-11+. The maximum Gasteiger partial charge on any atom is 0.418 e. The van der Waals surface area contributed by atoms with Gasteiger partial charge >= 0.3 is 6.18 Å². The largest absolute Gasteiger partial charge is 0.504 e. The fourth-order valence-electron chi connectivity index (χ4n) is 3.64. The molecule has 0 amide bonds. The Balaban J connectivity index is 1.79. The van der Waals surface area contributed by atoms with Crippen LogP contribution in [0.5, 0.6) is 11.5 Å². The fraction of sp³-hybridized carbons (Fsp3) is 0.107. The molecule has 1 heterocycles. The molecule has 0 aliphatic heterocycles. The van der Waals surface area contributed by atoms with Crippen LogP contribution in [0.4, 0.5) is 13.2 Å². The van der Waals surface area contributed by atoms with Gasteiger partial charge in [-0.1, -0.05) is 60.2 Å². The molecule has 7 heteroatoms. The summed E-state index contributed by atoms with van der Waals surface area (Å²) in [5, 5.41) is 14.3. The zero-order valence-corrected chi connectivity index (χ0v) is 19.1. The molecule has 0 fully saturated rings. The van der Waals surface area contributed by atoms with Crippen molar-refractivity contribution >= 4 is 24.3 Å². The molecule has 0 saturated heterocycles. The monoisotopic (exact) mass is 476 g/mol. The SMILES string of the molecule is COc1cc(/C=C/c2cc(/C=C/c3cccc(C)c3)nn2-c2ccccc2C(F)(F)F)ccc1O. The molecule has 0 unspecified atom stereocenters. The molecule has 4 nitrogen and oxygen atoms in total. The lowest BCUT2D eigenvalue weighted by Crippen LogP contribution is -2.12. The van der Waals surface area contributed by atoms with Crippen molar-refractivity contribution in [3.63, 3.8) is 0 Å². The predicted molar refractivity (Wildman–Crippen MR) is 132 cm³/mol. The number of hydrogen-bond acceptors (Lipinski definition) is 3. The van der Waals surface area contributed by atoms with E-state index in [1.807, 2.05) is 37.3 Å². The third kappa shape index (κ3) is 5.63. The Morgan fingerprint density at radius 3 is 2.34 bits per heavy atom. The molecule has 1 aromatic heterocycles. The van der Waals surface area contributed by atoms with E-state index in [9.17, 15) is 18.3 Å². The first-order chi connectivity index (χ1) is 16.7. The number of rotatable bonds is 6. The highest BCUT2D eigenvalue weighted by atomic mass is 19.4. The van der Waals surface area contributed by atoms with Gasteiger partial charge in [0.25, 0.3) is 0 Å². The summed E-state index contributed by atoms with van der Waals surface area (Å²) in [5.74, 6) is 0.294. The van der Waals surface area contributed by atoms with Gasteiger partial charge in [0.2, 0.25) is 0 Å². The Labute approximate surface area is 201 Å². The number of benzene rings is 3. The maximum atomic E-state index is 13.7. The molecule has 0 saturated carbocycles. The normalized spacial score (nSPS) is 12.0. The first kappa shape index (κ1) is 23.9. The van der Waals surface area contributed by atoms with E-state index in [0.29, 0.717) is 22.7 Å². The number of aromatic hydroxyl groups is 1. The number of para-hydroxylation sites is 1. The number of aromatic nitrogens is 2. The van der Waals surface area contributed by atoms with Crippen molar-refractivity contribution in [3.8, 4) is 17.2 Å². The highest BCUT2D eigenvalue weighted by molar-refractivity contribution is 5.74. The molecule has 178 valence electrons. The summed E-state index contributed by atoms with van der Waals surface area (Å²) in [6, 6.07) is 19.7. The maximum absolute atomic E-state index is 13.7. The second-order valence-corrected chi connectivity index (χ2v) is 7.93. The Hall–Kier alpha value is -4.26. The van der Waals surface area contributed by atoms with Crippen LogP contribution in [-0.4, -0.2) is 22.0 Å². The lowest BCUT2D eigenvalue weighted by atomic mass is 10.1. The molecular weight excluding hydrogens is 453 g/mol. The molecule has 0 aliphatic rings. The predicted octanol–water partition coefficient (Wildman–Crippen LogP) is 7.25. The van der Waals surface area contributed by atoms with Gasteiger partial charge in [-0.3, -0.25) is 0 Å². The zero-order chi connectivity index (χ0) is 25.0. The molecule has 1 N–H and O–H groups in total. The van der Waals surface area contributed by atoms with Crippen LogP contribution in [0.2, 0.25) is 0 Å². The quantitative estimate of drug-likeness (QED) is 0.319. The summed E-state index contributed by atoms with van der Waals surface area (Å²) < 4.78 is 47.6. The Morgan fingerprint density at radius 2 is 1.60 bits per heavy atom. The van der Waals surface area contributed by atoms with E-state index >= 15 is 0 Å². The van der Waals surface area contributed by atoms with Crippen molar-refractivity contribution in [1.82, 2.24) is 9.78 Å². The van der Waals surface area contributed by atoms with Gasteiger partial charge in [-0.2, -0.15) is 18.3 Å². The number of aryl methyl sites for hydroxylation is 1. The van der Waals surface area contributed by atoms with E-state index < -0.39 is 11.7 Å². The van der Waals surface area contributed by atoms with E-state index in [0.717, 1.165) is 17.2 Å². The van der Waals surface area contributed by atoms with Crippen LogP contribution >= 0.6 is 0 Å². The van der Waals surface area contributed by atoms with E-state index in [1.54, 1.807) is 42.5 Å². The molecule has 4 aromatic rings. The van der Waals surface area contributed by atoms with Crippen LogP contribution in [0.25, 0.3) is 30.0 Å². The number of nitrogens with zero attached hydrogens (tertiary/aromatic N) is 2. The van der Waals surface area contributed by atoms with Gasteiger partial charge in [0.1, 0.15) is 0 Å². The number of ether oxygens (including phenoxy) is 1. The Bertz CT molecular complexity index is 1400. The average molecular weight is 476 g/mol. The third-order valence-corrected chi connectivity index (χ3v) is 5.33. The molecule has 0 aliphatic carbocycles. The third-order valence-electron chi connectivity index (χ3n) is 5.33. The molecule has 3 aromatic carbocycles. The van der Waals surface area contributed by atoms with Gasteiger partial charge in [-0.05, 0) is 60.5 Å². The number of hydrogen-bond donors (Lipinski definition) is 1. The Morgan fingerprint density at radius 1 is 0.857 bits per heavy atom. The molecule has 0 spiro atoms. The van der Waals surface area contributed by atoms with E-state index in [-0.39, 0.29) is 11.4 Å². The van der Waals surface area contributed by atoms with Crippen molar-refractivity contribution in [3.05, 3.63) is 106 Å². The van der Waals surface area contributed by atoms with Crippen molar-refractivity contribution in [2.75, 3.05) is 7.11 Å². The first-order valence-corrected chi connectivity index (χ1v) is 10.8. The molecule has 4 rings (SSSR count). The van der Waals surface area contributed by atoms with Crippen LogP contribution in [0.1, 0.15) is 33.6 Å². The van der Waals surface area contributed by atoms with Gasteiger partial charge < -0.3 is 9.84 Å². The van der Waals surface area contributed by atoms with Crippen LogP contribution in [0, 0.1) is 6.92 Å². The van der Waals surface area contributed by atoms with E-state index in [4.69, 9.17) is 4.74 Å². The van der Waals surface area contributed by atoms with Crippen molar-refractivity contribution < 1.29 is 23.0 Å². The lowest BCUT2D eigenvalue weighted by Gasteiger charge is -2.13. The summed E-state index contributed by atoms with van der Waals surface area (Å²) in [5.41, 5.74) is 2.88. The first-order valence-electron chi connectivity index (χ1n) is 10.8. The van der Waals surface area contributed by atoms with Crippen LogP contribution in [0.3, 0.4) is 0 Å². The number of alkyl halides is 3. The highest BCUT2D eigenvalue weighted by Crippen LogP contribution is 2.34. The number of phenolic OH excluding ortho intramolecular Hbond substituents is 1. The number of phenols is 1. The van der Waals surface area contributed by atoms with Gasteiger partial charge in [0.15, 0.2) is 11.5 Å². The minimum Gasteiger partial charge on any atom is -0.504 e. The summed E-state index contributed by atoms with van der Waals surface area (Å²) in [6.07, 6.45) is 2.50. The van der Waals surface area contributed by atoms with Crippen molar-refractivity contribution in [2.24, 2.45) is 0 Å². The summed E-state index contributed by atoms with van der Waals surface area (Å²) in [7, 11) is 1.44. The zero-order valence-electron chi connectivity index (χ0n) is 19.1. The number of methoxy groups -OCH3 is 1. The van der Waals surface area contributed by atoms with Crippen molar-refractivity contribution in [1.29, 1.82) is 0 Å². The second-order valence-electron chi connectivity index (χ2n) is 7.93. The lowest BCUT2D eigenvalue weighted by molar-refractivity contribution is -0.137. The van der Waals surface area contributed by atoms with Crippen LogP contribution in [-0.2, 0) is 6.18 Å². The van der Waals surface area contributed by atoms with Gasteiger partial charge in [0.05, 0.1) is 29.7 Å². The van der Waals surface area contributed by atoms with Gasteiger partial charge in [-0.15, -0.1) is 0 Å². The Kier molecular flexibility index (Phi) is 6.78. The van der Waals surface area contributed by atoms with Crippen LogP contribution < -0.4 is 4.74 Å². The average Bonchev–Trinajstić information content (AvgIpc) is 3.25. The van der Waals surface area contributed by atoms with E-state index in [2.05, 4.69) is 5.10 Å². The smallest absolute Gasteiger partial charge is 0.418 e. The minimum absolute atomic E-state index is 0.00244. The van der Waals surface area contributed by atoms with E-state index in [1.165, 1.54) is 30.0 Å². The molecule has 0 radical (unpaired) electrons. The topological polar surface area (TPSA) is 47.3 Å². The molecular formula is C28H23F3N2O2. The molecule has 35 heavy (non-hydrogen) atoms. The van der Waals surface area contributed by atoms with Gasteiger partial charge in [-0.25, -0.2) is 4.68 Å². The molecule has 0 atom stereocenters. The fourth-order valence-corrected chi connectivity index (χ4v) is 3.64. The van der Waals surface area contributed by atoms with Crippen LogP contribution in [0.15, 0.2) is 72.8 Å². The van der Waals surface area contributed by atoms with Gasteiger partial charge in [0, 0.05) is 0 Å². The minimum atomic E-state index is -4.54. The number of halogens is 3. The summed E-state index contributed by atoms with van der Waals surface area (Å²) in [6.45, 7) is 1.99.